The lowest BCUT2D eigenvalue weighted by atomic mass is 10.1. The minimum absolute atomic E-state index is 0.130. The lowest BCUT2D eigenvalue weighted by Gasteiger charge is -2.05. The van der Waals surface area contributed by atoms with Crippen LogP contribution in [-0.4, -0.2) is 21.8 Å². The largest absolute Gasteiger partial charge is 0.504 e. The normalized spacial score (nSPS) is 27.5. The molecular formula is C12H14O4. The highest BCUT2D eigenvalue weighted by molar-refractivity contribution is 6.00. The van der Waals surface area contributed by atoms with Crippen LogP contribution in [-0.2, 0) is 9.59 Å². The van der Waals surface area contributed by atoms with Crippen molar-refractivity contribution in [3.8, 4) is 0 Å². The second-order valence-corrected chi connectivity index (χ2v) is 4.21. The number of Topliss-reactive ketones (excluding diaryl/α,β-unsaturated/α-hetero) is 2. The van der Waals surface area contributed by atoms with Crippen LogP contribution in [0.15, 0.2) is 22.7 Å². The summed E-state index contributed by atoms with van der Waals surface area (Å²) in [6, 6.07) is 0. The molecule has 86 valence electrons. The summed E-state index contributed by atoms with van der Waals surface area (Å²) in [6.45, 7) is 0. The van der Waals surface area contributed by atoms with Gasteiger partial charge < -0.3 is 10.2 Å². The van der Waals surface area contributed by atoms with Crippen LogP contribution in [0.1, 0.15) is 38.5 Å². The Hall–Kier alpha value is -1.58. The van der Waals surface area contributed by atoms with Crippen molar-refractivity contribution in [3.05, 3.63) is 22.7 Å². The van der Waals surface area contributed by atoms with Crippen LogP contribution in [0.25, 0.3) is 0 Å². The molecule has 2 rings (SSSR count). The number of carbonyl (C=O) groups is 2. The number of aliphatic hydroxyl groups is 2. The minimum Gasteiger partial charge on any atom is -0.504 e. The van der Waals surface area contributed by atoms with Crippen LogP contribution >= 0.6 is 0 Å². The smallest absolute Gasteiger partial charge is 0.164 e. The van der Waals surface area contributed by atoms with Crippen LogP contribution in [0.2, 0.25) is 0 Å². The predicted molar refractivity (Wildman–Crippen MR) is 57.0 cm³/mol. The Morgan fingerprint density at radius 1 is 0.750 bits per heavy atom. The van der Waals surface area contributed by atoms with Gasteiger partial charge in [-0.3, -0.25) is 9.59 Å². The number of ketones is 2. The monoisotopic (exact) mass is 222 g/mol. The Balaban J connectivity index is 2.38. The standard InChI is InChI=1S/C12H14O4/c13-9-5-1-3-7(9)11(15)12(16)8-4-2-6-10(8)14/h15-16H,1-6H2. The topological polar surface area (TPSA) is 74.6 Å². The summed E-state index contributed by atoms with van der Waals surface area (Å²) < 4.78 is 0. The lowest BCUT2D eigenvalue weighted by molar-refractivity contribution is -0.115. The molecule has 16 heavy (non-hydrogen) atoms. The molecule has 2 saturated carbocycles. The molecule has 2 fully saturated rings. The highest BCUT2D eigenvalue weighted by Crippen LogP contribution is 2.30. The molecule has 0 spiro atoms. The zero-order chi connectivity index (χ0) is 11.7. The summed E-state index contributed by atoms with van der Waals surface area (Å²) in [7, 11) is 0. The maximum Gasteiger partial charge on any atom is 0.164 e. The third-order valence-corrected chi connectivity index (χ3v) is 3.13. The molecule has 0 bridgehead atoms. The molecule has 0 aromatic rings. The van der Waals surface area contributed by atoms with Crippen LogP contribution in [0.5, 0.6) is 0 Å². The van der Waals surface area contributed by atoms with E-state index in [2.05, 4.69) is 0 Å². The van der Waals surface area contributed by atoms with Crippen molar-refractivity contribution in [3.63, 3.8) is 0 Å². The van der Waals surface area contributed by atoms with Gasteiger partial charge in [-0.05, 0) is 25.7 Å². The van der Waals surface area contributed by atoms with Gasteiger partial charge >= 0.3 is 0 Å². The van der Waals surface area contributed by atoms with Gasteiger partial charge in [0.1, 0.15) is 0 Å². The number of hydrogen-bond acceptors (Lipinski definition) is 4. The number of allylic oxidation sites excluding steroid dienone is 2. The fraction of sp³-hybridized carbons (Fsp3) is 0.500. The molecule has 0 unspecified atom stereocenters. The van der Waals surface area contributed by atoms with E-state index in [1.165, 1.54) is 0 Å². The zero-order valence-corrected chi connectivity index (χ0v) is 8.95. The van der Waals surface area contributed by atoms with Crippen molar-refractivity contribution in [1.29, 1.82) is 0 Å². The molecule has 0 heterocycles. The van der Waals surface area contributed by atoms with E-state index >= 15 is 0 Å². The molecule has 0 radical (unpaired) electrons. The van der Waals surface area contributed by atoms with Gasteiger partial charge in [-0.1, -0.05) is 0 Å². The van der Waals surface area contributed by atoms with Crippen molar-refractivity contribution in [2.75, 3.05) is 0 Å². The van der Waals surface area contributed by atoms with Gasteiger partial charge in [0.05, 0.1) is 0 Å². The van der Waals surface area contributed by atoms with E-state index in [4.69, 9.17) is 0 Å². The van der Waals surface area contributed by atoms with Gasteiger partial charge in [0.15, 0.2) is 23.1 Å². The molecule has 0 aromatic carbocycles. The Kier molecular flexibility index (Phi) is 2.81. The van der Waals surface area contributed by atoms with E-state index in [0.717, 1.165) is 0 Å². The number of carbonyl (C=O) groups excluding carboxylic acids is 2. The van der Waals surface area contributed by atoms with E-state index in [9.17, 15) is 19.8 Å². The SMILES string of the molecule is O=C1CCCC1=C(O)C(O)=C1CCCC1=O. The summed E-state index contributed by atoms with van der Waals surface area (Å²) in [5.74, 6) is -1.02. The van der Waals surface area contributed by atoms with E-state index in [0.29, 0.717) is 38.5 Å². The molecule has 0 amide bonds. The van der Waals surface area contributed by atoms with E-state index < -0.39 is 0 Å². The number of rotatable bonds is 1. The molecule has 2 aliphatic carbocycles. The summed E-state index contributed by atoms with van der Waals surface area (Å²) in [4.78, 5) is 22.8. The van der Waals surface area contributed by atoms with Crippen molar-refractivity contribution in [2.45, 2.75) is 38.5 Å². The Labute approximate surface area is 93.3 Å². The zero-order valence-electron chi connectivity index (χ0n) is 8.95. The van der Waals surface area contributed by atoms with Crippen LogP contribution in [0.3, 0.4) is 0 Å². The fourth-order valence-corrected chi connectivity index (χ4v) is 2.22. The second kappa shape index (κ2) is 4.12. The average molecular weight is 222 g/mol. The maximum absolute atomic E-state index is 11.4. The Morgan fingerprint density at radius 2 is 1.12 bits per heavy atom. The molecule has 2 aliphatic rings. The first-order valence-corrected chi connectivity index (χ1v) is 5.52. The second-order valence-electron chi connectivity index (χ2n) is 4.21. The Morgan fingerprint density at radius 3 is 1.38 bits per heavy atom. The Bertz CT molecular complexity index is 375. The summed E-state index contributed by atoms with van der Waals surface area (Å²) in [6.07, 6.45) is 3.20. The molecule has 0 aromatic heterocycles. The van der Waals surface area contributed by atoms with Crippen molar-refractivity contribution in [1.82, 2.24) is 0 Å². The van der Waals surface area contributed by atoms with Crippen molar-refractivity contribution >= 4 is 11.6 Å². The lowest BCUT2D eigenvalue weighted by Crippen LogP contribution is -2.05. The van der Waals surface area contributed by atoms with Crippen LogP contribution in [0, 0.1) is 0 Å². The maximum atomic E-state index is 11.4. The van der Waals surface area contributed by atoms with Crippen molar-refractivity contribution < 1.29 is 19.8 Å². The average Bonchev–Trinajstić information content (AvgIpc) is 2.85. The summed E-state index contributed by atoms with van der Waals surface area (Å²) >= 11 is 0. The highest BCUT2D eigenvalue weighted by Gasteiger charge is 2.27. The molecule has 0 saturated heterocycles. The molecular weight excluding hydrogens is 208 g/mol. The third kappa shape index (κ3) is 1.75. The predicted octanol–water partition coefficient (Wildman–Crippen LogP) is 2.12. The first-order chi connectivity index (χ1) is 7.61. The van der Waals surface area contributed by atoms with Gasteiger partial charge in [0.2, 0.25) is 0 Å². The molecule has 0 aliphatic heterocycles. The van der Waals surface area contributed by atoms with E-state index in [1.807, 2.05) is 0 Å². The van der Waals surface area contributed by atoms with E-state index in [1.54, 1.807) is 0 Å². The van der Waals surface area contributed by atoms with E-state index in [-0.39, 0.29) is 34.2 Å². The first kappa shape index (κ1) is 10.9. The summed E-state index contributed by atoms with van der Waals surface area (Å²) in [5, 5.41) is 19.5. The highest BCUT2D eigenvalue weighted by atomic mass is 16.3. The fourth-order valence-electron chi connectivity index (χ4n) is 2.22. The number of aliphatic hydroxyl groups excluding tert-OH is 2. The first-order valence-electron chi connectivity index (χ1n) is 5.52. The van der Waals surface area contributed by atoms with Crippen molar-refractivity contribution in [2.24, 2.45) is 0 Å². The van der Waals surface area contributed by atoms with Gasteiger partial charge in [-0.15, -0.1) is 0 Å². The summed E-state index contributed by atoms with van der Waals surface area (Å²) in [5.41, 5.74) is 0.536. The van der Waals surface area contributed by atoms with Gasteiger partial charge in [-0.2, -0.15) is 0 Å². The third-order valence-electron chi connectivity index (χ3n) is 3.13. The molecule has 4 nitrogen and oxygen atoms in total. The van der Waals surface area contributed by atoms with Crippen LogP contribution in [0.4, 0.5) is 0 Å². The number of hydrogen-bond donors (Lipinski definition) is 2. The molecule has 2 N–H and O–H groups in total. The van der Waals surface area contributed by atoms with Gasteiger partial charge in [0, 0.05) is 24.0 Å². The minimum atomic E-state index is -0.382. The molecule has 0 atom stereocenters. The van der Waals surface area contributed by atoms with Gasteiger partial charge in [-0.25, -0.2) is 0 Å². The quantitative estimate of drug-likeness (QED) is 0.526. The van der Waals surface area contributed by atoms with Crippen LogP contribution < -0.4 is 0 Å². The molecule has 4 heteroatoms. The van der Waals surface area contributed by atoms with Gasteiger partial charge in [0.25, 0.3) is 0 Å².